The molecule has 1 atom stereocenters. The van der Waals surface area contributed by atoms with E-state index in [0.29, 0.717) is 12.5 Å². The summed E-state index contributed by atoms with van der Waals surface area (Å²) < 4.78 is 3.37. The number of piperidine rings is 1. The molecule has 2 aliphatic rings. The van der Waals surface area contributed by atoms with Crippen molar-refractivity contribution in [2.75, 3.05) is 25.5 Å². The first-order chi connectivity index (χ1) is 13.1. The monoisotopic (exact) mass is 380 g/mol. The molecular weight excluding hydrogens is 356 g/mol. The fourth-order valence-electron chi connectivity index (χ4n) is 4.51. The Hall–Kier alpha value is -2.18. The second-order valence-corrected chi connectivity index (χ2v) is 8.90. The van der Waals surface area contributed by atoms with Gasteiger partial charge in [-0.2, -0.15) is 5.10 Å². The molecule has 3 aromatic rings. The molecule has 5 rings (SSSR count). The van der Waals surface area contributed by atoms with E-state index in [0.717, 1.165) is 31.7 Å². The topological polar surface area (TPSA) is 50.2 Å². The SMILES string of the molecule is Cc1c([C@@H]2CC(=O)Nc3c2cnn3C2CCN(C)CC2)sc2ccccc12. The van der Waals surface area contributed by atoms with Gasteiger partial charge < -0.3 is 10.2 Å². The minimum Gasteiger partial charge on any atom is -0.311 e. The molecule has 140 valence electrons. The van der Waals surface area contributed by atoms with Gasteiger partial charge in [0.1, 0.15) is 5.82 Å². The lowest BCUT2D eigenvalue weighted by atomic mass is 9.90. The summed E-state index contributed by atoms with van der Waals surface area (Å²) >= 11 is 1.82. The van der Waals surface area contributed by atoms with E-state index < -0.39 is 0 Å². The van der Waals surface area contributed by atoms with E-state index in [1.807, 2.05) is 17.5 Å². The van der Waals surface area contributed by atoms with Gasteiger partial charge in [-0.3, -0.25) is 4.79 Å². The summed E-state index contributed by atoms with van der Waals surface area (Å²) in [6.45, 7) is 4.33. The molecule has 0 aliphatic carbocycles. The quantitative estimate of drug-likeness (QED) is 0.727. The molecule has 4 heterocycles. The van der Waals surface area contributed by atoms with Gasteiger partial charge in [-0.05, 0) is 56.9 Å². The normalized spacial score (nSPS) is 21.4. The van der Waals surface area contributed by atoms with Gasteiger partial charge in [-0.15, -0.1) is 11.3 Å². The van der Waals surface area contributed by atoms with Crippen LogP contribution in [0.5, 0.6) is 0 Å². The summed E-state index contributed by atoms with van der Waals surface area (Å²) in [4.78, 5) is 16.2. The third-order valence-electron chi connectivity index (χ3n) is 6.08. The maximum atomic E-state index is 12.6. The van der Waals surface area contributed by atoms with Gasteiger partial charge in [0.15, 0.2) is 0 Å². The standard InChI is InChI=1S/C21H24N4OS/c1-13-15-5-3-4-6-18(15)27-20(13)16-11-19(26)23-21-17(16)12-22-25(21)14-7-9-24(2)10-8-14/h3-6,12,14,16H,7-11H2,1-2H3,(H,23,26)/t16-/m1/s1. The van der Waals surface area contributed by atoms with E-state index in [-0.39, 0.29) is 11.8 Å². The van der Waals surface area contributed by atoms with Crippen molar-refractivity contribution in [3.8, 4) is 0 Å². The number of amides is 1. The molecule has 0 saturated carbocycles. The van der Waals surface area contributed by atoms with Gasteiger partial charge in [0, 0.05) is 27.5 Å². The zero-order valence-electron chi connectivity index (χ0n) is 15.7. The highest BCUT2D eigenvalue weighted by Crippen LogP contribution is 2.45. The summed E-state index contributed by atoms with van der Waals surface area (Å²) in [6, 6.07) is 8.88. The third-order valence-corrected chi connectivity index (χ3v) is 7.46. The van der Waals surface area contributed by atoms with E-state index in [4.69, 9.17) is 5.10 Å². The van der Waals surface area contributed by atoms with Crippen molar-refractivity contribution in [2.24, 2.45) is 0 Å². The predicted octanol–water partition coefficient (Wildman–Crippen LogP) is 4.15. The molecule has 2 aliphatic heterocycles. The lowest BCUT2D eigenvalue weighted by Crippen LogP contribution is -2.33. The zero-order chi connectivity index (χ0) is 18.5. The van der Waals surface area contributed by atoms with Gasteiger partial charge in [-0.1, -0.05) is 18.2 Å². The Bertz CT molecular complexity index is 1010. The molecule has 27 heavy (non-hydrogen) atoms. The number of carbonyl (C=O) groups is 1. The van der Waals surface area contributed by atoms with E-state index in [9.17, 15) is 4.79 Å². The maximum Gasteiger partial charge on any atom is 0.226 e. The van der Waals surface area contributed by atoms with Crippen molar-refractivity contribution >= 4 is 33.1 Å². The minimum atomic E-state index is 0.0963. The average Bonchev–Trinajstić information content (AvgIpc) is 3.24. The lowest BCUT2D eigenvalue weighted by molar-refractivity contribution is -0.116. The molecule has 1 aromatic carbocycles. The molecule has 0 radical (unpaired) electrons. The molecule has 1 saturated heterocycles. The smallest absolute Gasteiger partial charge is 0.226 e. The molecule has 1 N–H and O–H groups in total. The summed E-state index contributed by atoms with van der Waals surface area (Å²) in [7, 11) is 2.16. The van der Waals surface area contributed by atoms with Crippen molar-refractivity contribution in [2.45, 2.75) is 38.1 Å². The van der Waals surface area contributed by atoms with Crippen molar-refractivity contribution in [3.63, 3.8) is 0 Å². The second kappa shape index (κ2) is 6.46. The van der Waals surface area contributed by atoms with Gasteiger partial charge in [0.2, 0.25) is 5.91 Å². The van der Waals surface area contributed by atoms with Crippen molar-refractivity contribution in [3.05, 3.63) is 46.5 Å². The number of fused-ring (bicyclic) bond motifs is 2. The lowest BCUT2D eigenvalue weighted by Gasteiger charge is -2.31. The van der Waals surface area contributed by atoms with E-state index in [1.165, 1.54) is 26.1 Å². The van der Waals surface area contributed by atoms with E-state index in [1.54, 1.807) is 0 Å². The maximum absolute atomic E-state index is 12.6. The van der Waals surface area contributed by atoms with Gasteiger partial charge >= 0.3 is 0 Å². The molecule has 0 unspecified atom stereocenters. The van der Waals surface area contributed by atoms with Crippen molar-refractivity contribution in [1.82, 2.24) is 14.7 Å². The van der Waals surface area contributed by atoms with Crippen LogP contribution in [-0.4, -0.2) is 40.7 Å². The first-order valence-corrected chi connectivity index (χ1v) is 10.5. The summed E-state index contributed by atoms with van der Waals surface area (Å²) in [5.74, 6) is 1.12. The number of hydrogen-bond donors (Lipinski definition) is 1. The fourth-order valence-corrected chi connectivity index (χ4v) is 5.84. The Balaban J connectivity index is 1.57. The highest BCUT2D eigenvalue weighted by molar-refractivity contribution is 7.19. The number of aromatic nitrogens is 2. The van der Waals surface area contributed by atoms with Crippen LogP contribution >= 0.6 is 11.3 Å². The number of carbonyl (C=O) groups excluding carboxylic acids is 1. The summed E-state index contributed by atoms with van der Waals surface area (Å²) in [5, 5.41) is 9.15. The van der Waals surface area contributed by atoms with Crippen LogP contribution in [-0.2, 0) is 4.79 Å². The Morgan fingerprint density at radius 1 is 1.22 bits per heavy atom. The van der Waals surface area contributed by atoms with E-state index in [2.05, 4.69) is 53.1 Å². The zero-order valence-corrected chi connectivity index (χ0v) is 16.6. The average molecular weight is 381 g/mol. The molecule has 6 heteroatoms. The number of anilines is 1. The highest BCUT2D eigenvalue weighted by Gasteiger charge is 2.34. The summed E-state index contributed by atoms with van der Waals surface area (Å²) in [6.07, 6.45) is 4.64. The van der Waals surface area contributed by atoms with Gasteiger partial charge in [0.05, 0.1) is 12.2 Å². The van der Waals surface area contributed by atoms with Crippen LogP contribution in [0.3, 0.4) is 0 Å². The highest BCUT2D eigenvalue weighted by atomic mass is 32.1. The first kappa shape index (κ1) is 17.0. The van der Waals surface area contributed by atoms with Crippen molar-refractivity contribution in [1.29, 1.82) is 0 Å². The predicted molar refractivity (Wildman–Crippen MR) is 110 cm³/mol. The molecule has 1 amide bonds. The largest absolute Gasteiger partial charge is 0.311 e. The molecule has 1 fully saturated rings. The Labute approximate surface area is 163 Å². The van der Waals surface area contributed by atoms with Crippen LogP contribution in [0.15, 0.2) is 30.5 Å². The van der Waals surface area contributed by atoms with Gasteiger partial charge in [-0.25, -0.2) is 4.68 Å². The number of nitrogens with one attached hydrogen (secondary N) is 1. The van der Waals surface area contributed by atoms with Crippen LogP contribution in [0, 0.1) is 6.92 Å². The number of benzene rings is 1. The first-order valence-electron chi connectivity index (χ1n) is 9.65. The number of nitrogens with zero attached hydrogens (tertiary/aromatic N) is 3. The Morgan fingerprint density at radius 3 is 2.78 bits per heavy atom. The number of rotatable bonds is 2. The Morgan fingerprint density at radius 2 is 2.00 bits per heavy atom. The van der Waals surface area contributed by atoms with Crippen LogP contribution < -0.4 is 5.32 Å². The second-order valence-electron chi connectivity index (χ2n) is 7.82. The minimum absolute atomic E-state index is 0.0963. The van der Waals surface area contributed by atoms with Crippen LogP contribution in [0.2, 0.25) is 0 Å². The summed E-state index contributed by atoms with van der Waals surface area (Å²) in [5.41, 5.74) is 2.47. The number of thiophene rings is 1. The number of likely N-dealkylation sites (tertiary alicyclic amines) is 1. The van der Waals surface area contributed by atoms with E-state index >= 15 is 0 Å². The number of aryl methyl sites for hydroxylation is 1. The number of hydrogen-bond acceptors (Lipinski definition) is 4. The fraction of sp³-hybridized carbons (Fsp3) is 0.429. The third kappa shape index (κ3) is 2.78. The van der Waals surface area contributed by atoms with Crippen LogP contribution in [0.25, 0.3) is 10.1 Å². The molecule has 5 nitrogen and oxygen atoms in total. The Kier molecular flexibility index (Phi) is 4.06. The van der Waals surface area contributed by atoms with Crippen molar-refractivity contribution < 1.29 is 4.79 Å². The van der Waals surface area contributed by atoms with Crippen LogP contribution in [0.1, 0.15) is 47.2 Å². The van der Waals surface area contributed by atoms with Crippen LogP contribution in [0.4, 0.5) is 5.82 Å². The molecule has 2 aromatic heterocycles. The van der Waals surface area contributed by atoms with Gasteiger partial charge in [0.25, 0.3) is 0 Å². The molecular formula is C21H24N4OS. The molecule has 0 spiro atoms. The molecule has 0 bridgehead atoms.